The Bertz CT molecular complexity index is 1200. The second-order valence-corrected chi connectivity index (χ2v) is 8.63. The van der Waals surface area contributed by atoms with Crippen LogP contribution >= 0.6 is 0 Å². The molecule has 0 fully saturated rings. The van der Waals surface area contributed by atoms with E-state index in [-0.39, 0.29) is 4.90 Å². The van der Waals surface area contributed by atoms with Crippen LogP contribution in [0.25, 0.3) is 0 Å². The molecular weight excluding hydrogens is 422 g/mol. The Labute approximate surface area is 189 Å². The average Bonchev–Trinajstić information content (AvgIpc) is 3.16. The lowest BCUT2D eigenvalue weighted by Gasteiger charge is -2.23. The maximum Gasteiger partial charge on any atom is 0.275 e. The number of anilines is 1. The minimum atomic E-state index is -3.66. The van der Waals surface area contributed by atoms with Crippen molar-refractivity contribution >= 4 is 15.7 Å². The molecule has 1 atom stereocenters. The highest BCUT2D eigenvalue weighted by atomic mass is 32.2. The van der Waals surface area contributed by atoms with Gasteiger partial charge in [0.05, 0.1) is 10.6 Å². The third-order valence-electron chi connectivity index (χ3n) is 4.54. The van der Waals surface area contributed by atoms with Crippen LogP contribution < -0.4 is 14.2 Å². The number of nitrogens with one attached hydrogen (secondary N) is 1. The third kappa shape index (κ3) is 5.47. The second kappa shape index (κ2) is 10.0. The fourth-order valence-corrected chi connectivity index (χ4v) is 4.08. The molecule has 164 valence electrons. The summed E-state index contributed by atoms with van der Waals surface area (Å²) in [6.07, 6.45) is 7.07. The molecule has 0 bridgehead atoms. The van der Waals surface area contributed by atoms with Gasteiger partial charge in [0.1, 0.15) is 0 Å². The standard InChI is InChI=1S/C20H17NO4S.C6H8/c1-20(15-8-4-2-5-9-15)24-18-13-12-16(14-19(18)25-20)21-26(22,23)17-10-6-3-7-11-17;1-3-5-6-4-2/h2-14,21H,1H3;3-6H,1-2H2/b;6-5-. The van der Waals surface area contributed by atoms with Gasteiger partial charge in [0.2, 0.25) is 0 Å². The van der Waals surface area contributed by atoms with Crippen molar-refractivity contribution in [2.45, 2.75) is 17.6 Å². The number of benzene rings is 3. The zero-order chi connectivity index (χ0) is 23.0. The van der Waals surface area contributed by atoms with Crippen LogP contribution in [0.1, 0.15) is 12.5 Å². The molecule has 32 heavy (non-hydrogen) atoms. The summed E-state index contributed by atoms with van der Waals surface area (Å²) < 4.78 is 39.4. The van der Waals surface area contributed by atoms with Gasteiger partial charge in [-0.25, -0.2) is 8.42 Å². The van der Waals surface area contributed by atoms with Crippen molar-refractivity contribution in [3.63, 3.8) is 0 Å². The first kappa shape index (κ1) is 22.9. The molecule has 0 aliphatic carbocycles. The summed E-state index contributed by atoms with van der Waals surface area (Å²) in [5.41, 5.74) is 1.29. The van der Waals surface area contributed by atoms with Gasteiger partial charge in [-0.05, 0) is 24.3 Å². The Morgan fingerprint density at radius 2 is 1.38 bits per heavy atom. The quantitative estimate of drug-likeness (QED) is 0.468. The Morgan fingerprint density at radius 1 is 0.812 bits per heavy atom. The Hall–Kier alpha value is -3.77. The van der Waals surface area contributed by atoms with Gasteiger partial charge in [-0.2, -0.15) is 0 Å². The fraction of sp³-hybridized carbons (Fsp3) is 0.0769. The summed E-state index contributed by atoms with van der Waals surface area (Å²) in [4.78, 5) is 0.201. The van der Waals surface area contributed by atoms with Crippen molar-refractivity contribution in [3.8, 4) is 11.5 Å². The third-order valence-corrected chi connectivity index (χ3v) is 5.94. The Kier molecular flexibility index (Phi) is 7.18. The van der Waals surface area contributed by atoms with Crippen molar-refractivity contribution in [1.82, 2.24) is 0 Å². The van der Waals surface area contributed by atoms with E-state index in [1.165, 1.54) is 0 Å². The molecule has 0 saturated carbocycles. The lowest BCUT2D eigenvalue weighted by atomic mass is 10.1. The highest BCUT2D eigenvalue weighted by Crippen LogP contribution is 2.45. The van der Waals surface area contributed by atoms with Crippen molar-refractivity contribution in [2.75, 3.05) is 4.72 Å². The summed E-state index contributed by atoms with van der Waals surface area (Å²) >= 11 is 0. The van der Waals surface area contributed by atoms with Gasteiger partial charge in [-0.1, -0.05) is 86.0 Å². The molecule has 1 N–H and O–H groups in total. The summed E-state index contributed by atoms with van der Waals surface area (Å²) in [5.74, 6) is 0.115. The zero-order valence-electron chi connectivity index (χ0n) is 17.8. The monoisotopic (exact) mass is 447 g/mol. The van der Waals surface area contributed by atoms with E-state index in [2.05, 4.69) is 17.9 Å². The summed E-state index contributed by atoms with van der Waals surface area (Å²) in [5, 5.41) is 0. The van der Waals surface area contributed by atoms with Gasteiger partial charge < -0.3 is 9.47 Å². The van der Waals surface area contributed by atoms with Crippen molar-refractivity contribution in [2.24, 2.45) is 0 Å². The lowest BCUT2D eigenvalue weighted by molar-refractivity contribution is -0.0680. The average molecular weight is 448 g/mol. The van der Waals surface area contributed by atoms with Crippen LogP contribution in [0, 0.1) is 0 Å². The molecular formula is C26H25NO4S. The van der Waals surface area contributed by atoms with E-state index in [1.54, 1.807) is 60.7 Å². The van der Waals surface area contributed by atoms with E-state index >= 15 is 0 Å². The van der Waals surface area contributed by atoms with E-state index in [9.17, 15) is 8.42 Å². The predicted octanol–water partition coefficient (Wildman–Crippen LogP) is 6.05. The van der Waals surface area contributed by atoms with Gasteiger partial charge in [-0.3, -0.25) is 4.72 Å². The van der Waals surface area contributed by atoms with Crippen LogP contribution in [-0.2, 0) is 15.8 Å². The first-order chi connectivity index (χ1) is 15.4. The highest BCUT2D eigenvalue weighted by molar-refractivity contribution is 7.92. The van der Waals surface area contributed by atoms with Crippen LogP contribution in [0.5, 0.6) is 11.5 Å². The zero-order valence-corrected chi connectivity index (χ0v) is 18.6. The second-order valence-electron chi connectivity index (χ2n) is 6.95. The maximum atomic E-state index is 12.5. The first-order valence-electron chi connectivity index (χ1n) is 9.93. The number of sulfonamides is 1. The van der Waals surface area contributed by atoms with E-state index in [0.717, 1.165) is 5.56 Å². The summed E-state index contributed by atoms with van der Waals surface area (Å²) in [6, 6.07) is 22.8. The Balaban J connectivity index is 0.000000427. The van der Waals surface area contributed by atoms with Crippen LogP contribution in [0.4, 0.5) is 5.69 Å². The highest BCUT2D eigenvalue weighted by Gasteiger charge is 2.38. The lowest BCUT2D eigenvalue weighted by Crippen LogP contribution is -2.31. The molecule has 4 rings (SSSR count). The maximum absolute atomic E-state index is 12.5. The molecule has 6 heteroatoms. The number of hydrogen-bond acceptors (Lipinski definition) is 4. The van der Waals surface area contributed by atoms with Crippen LogP contribution in [0.2, 0.25) is 0 Å². The molecule has 0 spiro atoms. The number of fused-ring (bicyclic) bond motifs is 1. The molecule has 0 amide bonds. The summed E-state index contributed by atoms with van der Waals surface area (Å²) in [7, 11) is -3.66. The van der Waals surface area contributed by atoms with E-state index < -0.39 is 15.8 Å². The van der Waals surface area contributed by atoms with Crippen molar-refractivity contribution in [3.05, 3.63) is 122 Å². The van der Waals surface area contributed by atoms with Crippen molar-refractivity contribution < 1.29 is 17.9 Å². The Morgan fingerprint density at radius 3 is 1.97 bits per heavy atom. The van der Waals surface area contributed by atoms with Crippen LogP contribution in [-0.4, -0.2) is 8.42 Å². The molecule has 5 nitrogen and oxygen atoms in total. The van der Waals surface area contributed by atoms with Gasteiger partial charge in [0, 0.05) is 18.6 Å². The molecule has 1 heterocycles. The van der Waals surface area contributed by atoms with Gasteiger partial charge in [-0.15, -0.1) is 0 Å². The number of hydrogen-bond donors (Lipinski definition) is 1. The van der Waals surface area contributed by atoms with E-state index in [1.807, 2.05) is 49.4 Å². The van der Waals surface area contributed by atoms with E-state index in [0.29, 0.717) is 17.2 Å². The molecule has 0 saturated heterocycles. The number of allylic oxidation sites excluding steroid dienone is 4. The van der Waals surface area contributed by atoms with Crippen LogP contribution in [0.15, 0.2) is 121 Å². The fourth-order valence-electron chi connectivity index (χ4n) is 3.01. The largest absolute Gasteiger partial charge is 0.445 e. The SMILES string of the molecule is C=C/C=C\C=C.CC1(c2ccccc2)Oc2ccc(NS(=O)(=O)c3ccccc3)cc2O1. The molecule has 3 aromatic rings. The van der Waals surface area contributed by atoms with E-state index in [4.69, 9.17) is 9.47 Å². The molecule has 1 aliphatic heterocycles. The minimum Gasteiger partial charge on any atom is -0.445 e. The number of ether oxygens (including phenoxy) is 2. The molecule has 0 radical (unpaired) electrons. The predicted molar refractivity (Wildman–Crippen MR) is 128 cm³/mol. The molecule has 0 aromatic heterocycles. The smallest absolute Gasteiger partial charge is 0.275 e. The summed E-state index contributed by atoms with van der Waals surface area (Å²) in [6.45, 7) is 8.76. The van der Waals surface area contributed by atoms with Gasteiger partial charge in [0.15, 0.2) is 11.5 Å². The van der Waals surface area contributed by atoms with Gasteiger partial charge in [0.25, 0.3) is 15.8 Å². The van der Waals surface area contributed by atoms with Crippen LogP contribution in [0.3, 0.4) is 0 Å². The molecule has 1 unspecified atom stereocenters. The molecule has 1 aliphatic rings. The normalized spacial score (nSPS) is 16.7. The topological polar surface area (TPSA) is 64.6 Å². The number of rotatable bonds is 6. The first-order valence-corrected chi connectivity index (χ1v) is 11.4. The molecule has 3 aromatic carbocycles. The van der Waals surface area contributed by atoms with Gasteiger partial charge >= 0.3 is 0 Å². The minimum absolute atomic E-state index is 0.201. The van der Waals surface area contributed by atoms with Crippen molar-refractivity contribution in [1.29, 1.82) is 0 Å².